The van der Waals surface area contributed by atoms with Crippen molar-refractivity contribution >= 4 is 22.7 Å². The van der Waals surface area contributed by atoms with Crippen molar-refractivity contribution in [2.45, 2.75) is 25.4 Å². The highest BCUT2D eigenvalue weighted by Crippen LogP contribution is 2.35. The van der Waals surface area contributed by atoms with Crippen LogP contribution >= 0.6 is 22.7 Å². The van der Waals surface area contributed by atoms with Crippen molar-refractivity contribution in [1.82, 2.24) is 15.0 Å². The molecule has 0 aromatic carbocycles. The van der Waals surface area contributed by atoms with E-state index < -0.39 is 0 Å². The highest BCUT2D eigenvalue weighted by Gasteiger charge is 2.28. The summed E-state index contributed by atoms with van der Waals surface area (Å²) in [7, 11) is 0. The van der Waals surface area contributed by atoms with Gasteiger partial charge in [0.2, 0.25) is 11.7 Å². The molecule has 0 saturated carbocycles. The van der Waals surface area contributed by atoms with Gasteiger partial charge >= 0.3 is 0 Å². The molecule has 0 amide bonds. The summed E-state index contributed by atoms with van der Waals surface area (Å²) in [5.74, 6) is 1.41. The lowest BCUT2D eigenvalue weighted by molar-refractivity contribution is 0.214. The van der Waals surface area contributed by atoms with E-state index in [1.807, 2.05) is 28.8 Å². The second kappa shape index (κ2) is 5.71. The standard InChI is InChI=1S/C15H15N3OS2/c1-4-11(12-5-2-8-20-12)18(7-1)10-14-16-15(17-19-14)13-6-3-9-21-13/h2-3,5-6,8-9,11H,1,4,7,10H2/t11-/m0/s1. The van der Waals surface area contributed by atoms with Crippen molar-refractivity contribution in [2.24, 2.45) is 0 Å². The van der Waals surface area contributed by atoms with E-state index >= 15 is 0 Å². The molecule has 6 heteroatoms. The van der Waals surface area contributed by atoms with Crippen LogP contribution in [0.1, 0.15) is 29.7 Å². The molecule has 0 aliphatic carbocycles. The van der Waals surface area contributed by atoms with Gasteiger partial charge < -0.3 is 4.52 Å². The van der Waals surface area contributed by atoms with Crippen LogP contribution in [0.25, 0.3) is 10.7 Å². The zero-order chi connectivity index (χ0) is 14.1. The first kappa shape index (κ1) is 13.2. The largest absolute Gasteiger partial charge is 0.338 e. The van der Waals surface area contributed by atoms with Gasteiger partial charge in [-0.3, -0.25) is 4.90 Å². The number of hydrogen-bond donors (Lipinski definition) is 0. The molecule has 1 aliphatic rings. The van der Waals surface area contributed by atoms with Crippen LogP contribution in [0.2, 0.25) is 0 Å². The normalized spacial score (nSPS) is 19.3. The Kier molecular flexibility index (Phi) is 3.58. The van der Waals surface area contributed by atoms with Crippen LogP contribution in [0.4, 0.5) is 0 Å². The third kappa shape index (κ3) is 2.66. The van der Waals surface area contributed by atoms with Crippen molar-refractivity contribution < 1.29 is 4.52 Å². The van der Waals surface area contributed by atoms with E-state index in [4.69, 9.17) is 4.52 Å². The van der Waals surface area contributed by atoms with E-state index in [0.717, 1.165) is 18.0 Å². The SMILES string of the molecule is c1csc(-c2noc(CN3CCC[C@H]3c3cccs3)n2)c1. The van der Waals surface area contributed by atoms with E-state index in [9.17, 15) is 0 Å². The van der Waals surface area contributed by atoms with Gasteiger partial charge in [-0.25, -0.2) is 0 Å². The summed E-state index contributed by atoms with van der Waals surface area (Å²) in [6, 6.07) is 8.87. The molecule has 0 unspecified atom stereocenters. The summed E-state index contributed by atoms with van der Waals surface area (Å²) >= 11 is 3.46. The van der Waals surface area contributed by atoms with Gasteiger partial charge in [0, 0.05) is 10.9 Å². The Hall–Kier alpha value is -1.50. The molecule has 21 heavy (non-hydrogen) atoms. The fourth-order valence-corrected chi connectivity index (χ4v) is 4.36. The van der Waals surface area contributed by atoms with Crippen molar-refractivity contribution in [3.63, 3.8) is 0 Å². The minimum Gasteiger partial charge on any atom is -0.338 e. The van der Waals surface area contributed by atoms with Crippen LogP contribution in [0, 0.1) is 0 Å². The number of aromatic nitrogens is 2. The maximum Gasteiger partial charge on any atom is 0.241 e. The van der Waals surface area contributed by atoms with Crippen molar-refractivity contribution in [1.29, 1.82) is 0 Å². The highest BCUT2D eigenvalue weighted by molar-refractivity contribution is 7.13. The van der Waals surface area contributed by atoms with Crippen LogP contribution in [-0.4, -0.2) is 21.6 Å². The molecule has 108 valence electrons. The molecule has 4 nitrogen and oxygen atoms in total. The minimum atomic E-state index is 0.502. The van der Waals surface area contributed by atoms with E-state index in [0.29, 0.717) is 17.8 Å². The van der Waals surface area contributed by atoms with Gasteiger partial charge in [-0.2, -0.15) is 4.98 Å². The highest BCUT2D eigenvalue weighted by atomic mass is 32.1. The summed E-state index contributed by atoms with van der Waals surface area (Å²) < 4.78 is 5.42. The second-order valence-electron chi connectivity index (χ2n) is 5.13. The van der Waals surface area contributed by atoms with E-state index in [2.05, 4.69) is 32.6 Å². The summed E-state index contributed by atoms with van der Waals surface area (Å²) in [4.78, 5) is 9.46. The molecular formula is C15H15N3OS2. The molecule has 3 aromatic rings. The average molecular weight is 317 g/mol. The van der Waals surface area contributed by atoms with Crippen LogP contribution in [0.15, 0.2) is 39.5 Å². The zero-order valence-corrected chi connectivity index (χ0v) is 13.1. The number of thiophene rings is 2. The molecule has 4 rings (SSSR count). The molecule has 0 spiro atoms. The summed E-state index contributed by atoms with van der Waals surface area (Å²) in [5.41, 5.74) is 0. The molecule has 0 N–H and O–H groups in total. The summed E-state index contributed by atoms with van der Waals surface area (Å²) in [6.45, 7) is 1.83. The van der Waals surface area contributed by atoms with Gasteiger partial charge in [0.1, 0.15) is 0 Å². The van der Waals surface area contributed by atoms with Gasteiger partial charge in [0.25, 0.3) is 0 Å². The lowest BCUT2D eigenvalue weighted by Gasteiger charge is -2.21. The Labute approximate surface area is 131 Å². The van der Waals surface area contributed by atoms with Crippen molar-refractivity contribution in [3.8, 4) is 10.7 Å². The Morgan fingerprint density at radius 2 is 2.14 bits per heavy atom. The zero-order valence-electron chi connectivity index (χ0n) is 11.4. The predicted molar refractivity (Wildman–Crippen MR) is 84.3 cm³/mol. The quantitative estimate of drug-likeness (QED) is 0.723. The van der Waals surface area contributed by atoms with Gasteiger partial charge in [-0.05, 0) is 42.3 Å². The van der Waals surface area contributed by atoms with Crippen LogP contribution in [0.3, 0.4) is 0 Å². The van der Waals surface area contributed by atoms with E-state index in [1.54, 1.807) is 11.3 Å². The first-order valence-electron chi connectivity index (χ1n) is 7.04. The van der Waals surface area contributed by atoms with Crippen molar-refractivity contribution in [3.05, 3.63) is 45.8 Å². The van der Waals surface area contributed by atoms with Gasteiger partial charge in [0.15, 0.2) is 0 Å². The number of nitrogens with zero attached hydrogens (tertiary/aromatic N) is 3. The second-order valence-corrected chi connectivity index (χ2v) is 7.06. The third-order valence-corrected chi connectivity index (χ3v) is 5.62. The predicted octanol–water partition coefficient (Wildman–Crippen LogP) is 4.20. The number of likely N-dealkylation sites (tertiary alicyclic amines) is 1. The Morgan fingerprint density at radius 3 is 2.95 bits per heavy atom. The minimum absolute atomic E-state index is 0.502. The summed E-state index contributed by atoms with van der Waals surface area (Å²) in [5, 5.41) is 8.26. The Balaban J connectivity index is 1.51. The average Bonchev–Trinajstić information content (AvgIpc) is 3.28. The fraction of sp³-hybridized carbons (Fsp3) is 0.333. The first-order valence-corrected chi connectivity index (χ1v) is 8.80. The maximum absolute atomic E-state index is 5.42. The van der Waals surface area contributed by atoms with E-state index in [1.165, 1.54) is 17.7 Å². The van der Waals surface area contributed by atoms with Crippen molar-refractivity contribution in [2.75, 3.05) is 6.54 Å². The molecule has 0 bridgehead atoms. The van der Waals surface area contributed by atoms with Gasteiger partial charge in [-0.1, -0.05) is 17.3 Å². The number of rotatable bonds is 4. The summed E-state index contributed by atoms with van der Waals surface area (Å²) in [6.07, 6.45) is 2.45. The first-order chi connectivity index (χ1) is 10.4. The van der Waals surface area contributed by atoms with Crippen LogP contribution in [-0.2, 0) is 6.54 Å². The molecule has 3 aromatic heterocycles. The molecule has 1 atom stereocenters. The molecule has 1 saturated heterocycles. The molecule has 4 heterocycles. The molecule has 0 radical (unpaired) electrons. The van der Waals surface area contributed by atoms with Crippen LogP contribution in [0.5, 0.6) is 0 Å². The number of hydrogen-bond acceptors (Lipinski definition) is 6. The lowest BCUT2D eigenvalue weighted by Crippen LogP contribution is -2.22. The van der Waals surface area contributed by atoms with Crippen LogP contribution < -0.4 is 0 Å². The lowest BCUT2D eigenvalue weighted by atomic mass is 10.2. The topological polar surface area (TPSA) is 42.2 Å². The smallest absolute Gasteiger partial charge is 0.241 e. The molecule has 1 fully saturated rings. The van der Waals surface area contributed by atoms with E-state index in [-0.39, 0.29) is 0 Å². The maximum atomic E-state index is 5.42. The molecular weight excluding hydrogens is 302 g/mol. The monoisotopic (exact) mass is 317 g/mol. The van der Waals surface area contributed by atoms with Gasteiger partial charge in [0.05, 0.1) is 11.4 Å². The Bertz CT molecular complexity index is 690. The van der Waals surface area contributed by atoms with Gasteiger partial charge in [-0.15, -0.1) is 22.7 Å². The molecule has 1 aliphatic heterocycles. The third-order valence-electron chi connectivity index (χ3n) is 3.78. The Morgan fingerprint density at radius 1 is 1.24 bits per heavy atom. The fourth-order valence-electron chi connectivity index (χ4n) is 2.82.